The minimum Gasteiger partial charge on any atom is -0.381 e. The minimum absolute atomic E-state index is 0.364. The fraction of sp³-hybridized carbons (Fsp3) is 0.500. The molecular weight excluding hydrogens is 264 g/mol. The summed E-state index contributed by atoms with van der Waals surface area (Å²) < 4.78 is 7.45. The van der Waals surface area contributed by atoms with E-state index >= 15 is 0 Å². The van der Waals surface area contributed by atoms with Crippen molar-refractivity contribution in [3.05, 3.63) is 41.2 Å². The Morgan fingerprint density at radius 2 is 2.10 bits per heavy atom. The molecule has 1 saturated heterocycles. The largest absolute Gasteiger partial charge is 0.381 e. The van der Waals surface area contributed by atoms with Crippen molar-refractivity contribution in [3.8, 4) is 0 Å². The van der Waals surface area contributed by atoms with E-state index in [0.29, 0.717) is 11.8 Å². The molecule has 5 nitrogen and oxygen atoms in total. The second-order valence-corrected chi connectivity index (χ2v) is 6.02. The van der Waals surface area contributed by atoms with Gasteiger partial charge in [-0.1, -0.05) is 29.8 Å². The van der Waals surface area contributed by atoms with E-state index in [1.807, 2.05) is 4.68 Å². The van der Waals surface area contributed by atoms with Crippen LogP contribution >= 0.6 is 0 Å². The molecule has 0 radical (unpaired) electrons. The summed E-state index contributed by atoms with van der Waals surface area (Å²) in [6.45, 7) is 5.52. The van der Waals surface area contributed by atoms with Gasteiger partial charge in [0, 0.05) is 25.0 Å². The molecule has 2 aliphatic heterocycles. The highest BCUT2D eigenvalue weighted by Gasteiger charge is 2.27. The van der Waals surface area contributed by atoms with E-state index in [2.05, 4.69) is 46.6 Å². The van der Waals surface area contributed by atoms with Crippen molar-refractivity contribution in [3.63, 3.8) is 0 Å². The fourth-order valence-corrected chi connectivity index (χ4v) is 3.08. The third-order valence-corrected chi connectivity index (χ3v) is 4.43. The van der Waals surface area contributed by atoms with Gasteiger partial charge < -0.3 is 10.1 Å². The molecule has 110 valence electrons. The van der Waals surface area contributed by atoms with Gasteiger partial charge in [0.1, 0.15) is 0 Å². The van der Waals surface area contributed by atoms with Crippen LogP contribution in [0.1, 0.15) is 35.2 Å². The molecule has 1 fully saturated rings. The van der Waals surface area contributed by atoms with E-state index in [1.165, 1.54) is 11.1 Å². The van der Waals surface area contributed by atoms with Crippen molar-refractivity contribution in [1.29, 1.82) is 0 Å². The van der Waals surface area contributed by atoms with E-state index < -0.39 is 0 Å². The molecule has 2 aliphatic rings. The van der Waals surface area contributed by atoms with Crippen molar-refractivity contribution >= 4 is 5.95 Å². The first-order chi connectivity index (χ1) is 10.3. The van der Waals surface area contributed by atoms with Gasteiger partial charge in [0.05, 0.1) is 13.2 Å². The van der Waals surface area contributed by atoms with Crippen LogP contribution in [0.15, 0.2) is 24.3 Å². The van der Waals surface area contributed by atoms with Gasteiger partial charge in [0.25, 0.3) is 0 Å². The molecular formula is C16H20N4O. The van der Waals surface area contributed by atoms with Crippen molar-refractivity contribution < 1.29 is 4.74 Å². The third kappa shape index (κ3) is 2.42. The Labute approximate surface area is 124 Å². The van der Waals surface area contributed by atoms with Crippen molar-refractivity contribution in [2.75, 3.05) is 25.1 Å². The molecule has 0 saturated carbocycles. The highest BCUT2D eigenvalue weighted by molar-refractivity contribution is 5.33. The summed E-state index contributed by atoms with van der Waals surface area (Å²) in [5.74, 6) is 2.65. The predicted molar refractivity (Wildman–Crippen MR) is 80.6 cm³/mol. The number of hydrogen-bond donors (Lipinski definition) is 1. The summed E-state index contributed by atoms with van der Waals surface area (Å²) >= 11 is 0. The standard InChI is InChI=1S/C16H20N4O/c1-11-2-4-12(5-3-11)14-8-17-16-18-15(19-20(16)9-14)13-6-7-21-10-13/h2-5,13-14H,6-10H2,1H3,(H,17,18,19). The monoisotopic (exact) mass is 284 g/mol. The van der Waals surface area contributed by atoms with Crippen LogP contribution < -0.4 is 5.32 Å². The number of nitrogens with zero attached hydrogens (tertiary/aromatic N) is 3. The Morgan fingerprint density at radius 1 is 1.24 bits per heavy atom. The molecule has 0 spiro atoms. The van der Waals surface area contributed by atoms with Crippen molar-refractivity contribution in [2.45, 2.75) is 31.7 Å². The number of ether oxygens (including phenoxy) is 1. The zero-order chi connectivity index (χ0) is 14.2. The summed E-state index contributed by atoms with van der Waals surface area (Å²) in [7, 11) is 0. The van der Waals surface area contributed by atoms with E-state index in [-0.39, 0.29) is 0 Å². The van der Waals surface area contributed by atoms with E-state index in [9.17, 15) is 0 Å². The normalized spacial score (nSPS) is 24.6. The Hall–Kier alpha value is -1.88. The van der Waals surface area contributed by atoms with Crippen LogP contribution in [0.4, 0.5) is 5.95 Å². The number of benzene rings is 1. The molecule has 0 amide bonds. The molecule has 1 N–H and O–H groups in total. The smallest absolute Gasteiger partial charge is 0.221 e. The Kier molecular flexibility index (Phi) is 3.15. The lowest BCUT2D eigenvalue weighted by atomic mass is 9.97. The van der Waals surface area contributed by atoms with Gasteiger partial charge in [-0.15, -0.1) is 0 Å². The molecule has 3 heterocycles. The molecule has 21 heavy (non-hydrogen) atoms. The van der Waals surface area contributed by atoms with Gasteiger partial charge in [-0.25, -0.2) is 4.68 Å². The van der Waals surface area contributed by atoms with Crippen LogP contribution in [0.5, 0.6) is 0 Å². The number of anilines is 1. The first-order valence-corrected chi connectivity index (χ1v) is 7.62. The lowest BCUT2D eigenvalue weighted by Crippen LogP contribution is -2.26. The summed E-state index contributed by atoms with van der Waals surface area (Å²) in [6, 6.07) is 8.78. The minimum atomic E-state index is 0.364. The molecule has 1 aromatic heterocycles. The zero-order valence-electron chi connectivity index (χ0n) is 12.2. The SMILES string of the molecule is Cc1ccc(C2CNc3nc(C4CCOC4)nn3C2)cc1. The van der Waals surface area contributed by atoms with Crippen LogP contribution in [0.3, 0.4) is 0 Å². The van der Waals surface area contributed by atoms with Gasteiger partial charge in [0.2, 0.25) is 5.95 Å². The van der Waals surface area contributed by atoms with Crippen molar-refractivity contribution in [2.24, 2.45) is 0 Å². The molecule has 0 aliphatic carbocycles. The first-order valence-electron chi connectivity index (χ1n) is 7.62. The average molecular weight is 284 g/mol. The third-order valence-electron chi connectivity index (χ3n) is 4.43. The van der Waals surface area contributed by atoms with Gasteiger partial charge in [-0.05, 0) is 18.9 Å². The van der Waals surface area contributed by atoms with E-state index in [1.54, 1.807) is 0 Å². The van der Waals surface area contributed by atoms with Crippen LogP contribution in [-0.4, -0.2) is 34.5 Å². The fourth-order valence-electron chi connectivity index (χ4n) is 3.08. The Balaban J connectivity index is 1.55. The average Bonchev–Trinajstić information content (AvgIpc) is 3.16. The second-order valence-electron chi connectivity index (χ2n) is 6.02. The molecule has 2 atom stereocenters. The Morgan fingerprint density at radius 3 is 2.86 bits per heavy atom. The Bertz CT molecular complexity index is 628. The van der Waals surface area contributed by atoms with E-state index in [4.69, 9.17) is 4.74 Å². The molecule has 5 heteroatoms. The van der Waals surface area contributed by atoms with Gasteiger partial charge in [-0.2, -0.15) is 10.1 Å². The number of aromatic nitrogens is 3. The van der Waals surface area contributed by atoms with Gasteiger partial charge in [0.15, 0.2) is 5.82 Å². The number of nitrogens with one attached hydrogen (secondary N) is 1. The lowest BCUT2D eigenvalue weighted by Gasteiger charge is -2.24. The number of fused-ring (bicyclic) bond motifs is 1. The molecule has 0 bridgehead atoms. The maximum absolute atomic E-state index is 5.44. The topological polar surface area (TPSA) is 52.0 Å². The summed E-state index contributed by atoms with van der Waals surface area (Å²) in [5, 5.41) is 8.11. The zero-order valence-corrected chi connectivity index (χ0v) is 12.2. The summed E-state index contributed by atoms with van der Waals surface area (Å²) in [6.07, 6.45) is 1.03. The first kappa shape index (κ1) is 12.8. The van der Waals surface area contributed by atoms with Crippen LogP contribution in [0.2, 0.25) is 0 Å². The predicted octanol–water partition coefficient (Wildman–Crippen LogP) is 2.30. The van der Waals surface area contributed by atoms with Crippen LogP contribution in [0.25, 0.3) is 0 Å². The number of rotatable bonds is 2. The van der Waals surface area contributed by atoms with Crippen LogP contribution in [-0.2, 0) is 11.3 Å². The summed E-state index contributed by atoms with van der Waals surface area (Å²) in [4.78, 5) is 4.64. The maximum Gasteiger partial charge on any atom is 0.221 e. The number of aryl methyl sites for hydroxylation is 1. The summed E-state index contributed by atoms with van der Waals surface area (Å²) in [5.41, 5.74) is 2.66. The highest BCUT2D eigenvalue weighted by atomic mass is 16.5. The quantitative estimate of drug-likeness (QED) is 0.919. The number of hydrogen-bond acceptors (Lipinski definition) is 4. The van der Waals surface area contributed by atoms with Crippen molar-refractivity contribution in [1.82, 2.24) is 14.8 Å². The van der Waals surface area contributed by atoms with Gasteiger partial charge >= 0.3 is 0 Å². The molecule has 2 unspecified atom stereocenters. The molecule has 2 aromatic rings. The highest BCUT2D eigenvalue weighted by Crippen LogP contribution is 2.28. The van der Waals surface area contributed by atoms with Gasteiger partial charge in [-0.3, -0.25) is 0 Å². The van der Waals surface area contributed by atoms with E-state index in [0.717, 1.165) is 44.5 Å². The molecule has 1 aromatic carbocycles. The molecule has 4 rings (SSSR count). The van der Waals surface area contributed by atoms with Crippen LogP contribution in [0, 0.1) is 6.92 Å². The second kappa shape index (κ2) is 5.15. The maximum atomic E-state index is 5.44. The lowest BCUT2D eigenvalue weighted by molar-refractivity contribution is 0.193.